The summed E-state index contributed by atoms with van der Waals surface area (Å²) in [6, 6.07) is -1.55. The normalized spacial score (nSPS) is 13.2. The van der Waals surface area contributed by atoms with Crippen LogP contribution in [0.25, 0.3) is 0 Å². The number of thiol groups is 1. The highest BCUT2D eigenvalue weighted by atomic mass is 32.1. The van der Waals surface area contributed by atoms with Gasteiger partial charge in [0.1, 0.15) is 6.04 Å². The fraction of sp³-hybridized carbons (Fsp3) is 0.600. The van der Waals surface area contributed by atoms with Crippen molar-refractivity contribution in [2.45, 2.75) is 18.9 Å². The lowest BCUT2D eigenvalue weighted by Gasteiger charge is -2.17. The lowest BCUT2D eigenvalue weighted by Crippen LogP contribution is -2.45. The first-order chi connectivity index (χ1) is 8.81. The third-order valence-corrected chi connectivity index (χ3v) is 2.67. The molecule has 0 aliphatic carbocycles. The molecule has 8 nitrogen and oxygen atoms in total. The van der Waals surface area contributed by atoms with Crippen molar-refractivity contribution in [3.8, 4) is 0 Å². The Labute approximate surface area is 114 Å². The molecule has 1 unspecified atom stereocenters. The first-order valence-electron chi connectivity index (χ1n) is 5.24. The van der Waals surface area contributed by atoms with Crippen LogP contribution in [0.2, 0.25) is 0 Å². The van der Waals surface area contributed by atoms with Crippen LogP contribution in [0.15, 0.2) is 0 Å². The molecule has 1 amide bonds. The van der Waals surface area contributed by atoms with Crippen molar-refractivity contribution < 1.29 is 34.1 Å². The predicted octanol–water partition coefficient (Wildman–Crippen LogP) is -0.860. The zero-order valence-corrected chi connectivity index (χ0v) is 11.1. The van der Waals surface area contributed by atoms with Gasteiger partial charge in [0.2, 0.25) is 5.91 Å². The van der Waals surface area contributed by atoms with Gasteiger partial charge in [-0.2, -0.15) is 12.6 Å². The summed E-state index contributed by atoms with van der Waals surface area (Å²) in [5.41, 5.74) is 0. The molecule has 0 aliphatic rings. The van der Waals surface area contributed by atoms with Crippen molar-refractivity contribution >= 4 is 36.4 Å². The second-order valence-electron chi connectivity index (χ2n) is 3.66. The molecule has 0 radical (unpaired) electrons. The average molecular weight is 293 g/mol. The highest BCUT2D eigenvalue weighted by molar-refractivity contribution is 7.80. The number of hydrogen-bond donors (Lipinski definition) is 4. The monoisotopic (exact) mass is 293 g/mol. The van der Waals surface area contributed by atoms with Crippen LogP contribution in [0.5, 0.6) is 0 Å². The minimum Gasteiger partial charge on any atom is -0.481 e. The summed E-state index contributed by atoms with van der Waals surface area (Å²) in [5, 5.41) is 19.3. The average Bonchev–Trinajstić information content (AvgIpc) is 2.33. The Morgan fingerprint density at radius 3 is 2.16 bits per heavy atom. The molecule has 19 heavy (non-hydrogen) atoms. The smallest absolute Gasteiger partial charge is 0.326 e. The van der Waals surface area contributed by atoms with Crippen molar-refractivity contribution in [2.75, 3.05) is 12.9 Å². The molecule has 0 aliphatic heterocycles. The molecule has 0 bridgehead atoms. The lowest BCUT2D eigenvalue weighted by molar-refractivity contribution is -0.148. The molecular formula is C10H15NO7S. The number of esters is 1. The van der Waals surface area contributed by atoms with Gasteiger partial charge in [-0.3, -0.25) is 14.4 Å². The van der Waals surface area contributed by atoms with E-state index < -0.39 is 42.2 Å². The minimum atomic E-state index is -1.55. The molecule has 0 saturated heterocycles. The van der Waals surface area contributed by atoms with Crippen LogP contribution in [0, 0.1) is 5.92 Å². The van der Waals surface area contributed by atoms with E-state index in [4.69, 9.17) is 10.2 Å². The second kappa shape index (κ2) is 8.35. The maximum absolute atomic E-state index is 11.7. The number of carbonyl (C=O) groups is 4. The van der Waals surface area contributed by atoms with Gasteiger partial charge < -0.3 is 20.3 Å². The molecule has 0 aromatic heterocycles. The van der Waals surface area contributed by atoms with Crippen molar-refractivity contribution in [1.29, 1.82) is 0 Å². The Hall–Kier alpha value is -1.77. The highest BCUT2D eigenvalue weighted by Gasteiger charge is 2.27. The molecule has 0 aromatic carbocycles. The summed E-state index contributed by atoms with van der Waals surface area (Å²) < 4.78 is 4.39. The zero-order chi connectivity index (χ0) is 15.0. The van der Waals surface area contributed by atoms with Crippen molar-refractivity contribution in [2.24, 2.45) is 5.92 Å². The third-order valence-electron chi connectivity index (χ3n) is 2.23. The number of amides is 1. The Balaban J connectivity index is 4.63. The van der Waals surface area contributed by atoms with Gasteiger partial charge in [0.25, 0.3) is 0 Å². The molecule has 0 saturated carbocycles. The van der Waals surface area contributed by atoms with Crippen molar-refractivity contribution in [3.63, 3.8) is 0 Å². The number of aliphatic carboxylic acids is 2. The number of carboxylic acid groups (broad SMARTS) is 2. The van der Waals surface area contributed by atoms with Crippen LogP contribution in [-0.4, -0.2) is 52.9 Å². The van der Waals surface area contributed by atoms with Gasteiger partial charge in [0, 0.05) is 5.75 Å². The van der Waals surface area contributed by atoms with Crippen LogP contribution >= 0.6 is 12.6 Å². The Morgan fingerprint density at radius 2 is 1.79 bits per heavy atom. The molecule has 0 rings (SSSR count). The van der Waals surface area contributed by atoms with E-state index in [-0.39, 0.29) is 12.2 Å². The van der Waals surface area contributed by atoms with Gasteiger partial charge in [-0.15, -0.1) is 0 Å². The van der Waals surface area contributed by atoms with E-state index >= 15 is 0 Å². The number of carboxylic acids is 2. The van der Waals surface area contributed by atoms with E-state index in [0.29, 0.717) is 0 Å². The molecule has 108 valence electrons. The standard InChI is InChI=1S/C10H15NO7S/c1-18-8(14)2-5(4-19)9(15)11-6(10(16)17)3-7(12)13/h5-6,19H,2-4H2,1H3,(H,11,15)(H,12,13)(H,16,17)/t5?,6-/m0/s1. The maximum atomic E-state index is 11.7. The number of methoxy groups -OCH3 is 1. The van der Waals surface area contributed by atoms with E-state index in [2.05, 4.69) is 22.7 Å². The first kappa shape index (κ1) is 17.2. The largest absolute Gasteiger partial charge is 0.481 e. The van der Waals surface area contributed by atoms with Crippen molar-refractivity contribution in [1.82, 2.24) is 5.32 Å². The quantitative estimate of drug-likeness (QED) is 0.338. The number of hydrogen-bond acceptors (Lipinski definition) is 6. The number of ether oxygens (including phenoxy) is 1. The Morgan fingerprint density at radius 1 is 1.21 bits per heavy atom. The molecular weight excluding hydrogens is 278 g/mol. The number of rotatable bonds is 8. The first-order valence-corrected chi connectivity index (χ1v) is 5.87. The summed E-state index contributed by atoms with van der Waals surface area (Å²) in [5.74, 6) is -5.10. The van der Waals surface area contributed by atoms with Gasteiger partial charge in [0.05, 0.1) is 25.9 Å². The van der Waals surface area contributed by atoms with E-state index in [1.807, 2.05) is 0 Å². The van der Waals surface area contributed by atoms with Crippen LogP contribution in [0.4, 0.5) is 0 Å². The minimum absolute atomic E-state index is 0.000341. The van der Waals surface area contributed by atoms with Gasteiger partial charge >= 0.3 is 17.9 Å². The number of carbonyl (C=O) groups excluding carboxylic acids is 2. The van der Waals surface area contributed by atoms with E-state index in [1.54, 1.807) is 0 Å². The summed E-state index contributed by atoms with van der Waals surface area (Å²) in [4.78, 5) is 44.0. The Kier molecular flexibility index (Phi) is 7.57. The third kappa shape index (κ3) is 6.65. The van der Waals surface area contributed by atoms with E-state index in [1.165, 1.54) is 0 Å². The molecule has 0 fully saturated rings. The topological polar surface area (TPSA) is 130 Å². The maximum Gasteiger partial charge on any atom is 0.326 e. The van der Waals surface area contributed by atoms with Gasteiger partial charge in [0.15, 0.2) is 0 Å². The van der Waals surface area contributed by atoms with E-state index in [9.17, 15) is 19.2 Å². The van der Waals surface area contributed by atoms with Gasteiger partial charge in [-0.05, 0) is 0 Å². The molecule has 9 heteroatoms. The molecule has 3 N–H and O–H groups in total. The van der Waals surface area contributed by atoms with Crippen LogP contribution < -0.4 is 5.32 Å². The van der Waals surface area contributed by atoms with E-state index in [0.717, 1.165) is 7.11 Å². The van der Waals surface area contributed by atoms with Crippen LogP contribution in [-0.2, 0) is 23.9 Å². The van der Waals surface area contributed by atoms with Crippen LogP contribution in [0.1, 0.15) is 12.8 Å². The Bertz CT molecular complexity index is 371. The summed E-state index contributed by atoms with van der Waals surface area (Å²) in [7, 11) is 1.15. The fourth-order valence-corrected chi connectivity index (χ4v) is 1.48. The fourth-order valence-electron chi connectivity index (χ4n) is 1.19. The second-order valence-corrected chi connectivity index (χ2v) is 4.02. The summed E-state index contributed by atoms with van der Waals surface area (Å²) >= 11 is 3.88. The molecule has 0 heterocycles. The number of nitrogens with one attached hydrogen (secondary N) is 1. The molecule has 0 spiro atoms. The lowest BCUT2D eigenvalue weighted by atomic mass is 10.1. The molecule has 2 atom stereocenters. The summed E-state index contributed by atoms with van der Waals surface area (Å²) in [6.07, 6.45) is -1.01. The highest BCUT2D eigenvalue weighted by Crippen LogP contribution is 2.08. The van der Waals surface area contributed by atoms with Gasteiger partial charge in [-0.25, -0.2) is 4.79 Å². The molecule has 0 aromatic rings. The zero-order valence-electron chi connectivity index (χ0n) is 10.2. The summed E-state index contributed by atoms with van der Waals surface area (Å²) in [6.45, 7) is 0. The predicted molar refractivity (Wildman–Crippen MR) is 65.8 cm³/mol. The SMILES string of the molecule is COC(=O)CC(CS)C(=O)N[C@@H](CC(=O)O)C(=O)O. The van der Waals surface area contributed by atoms with Crippen molar-refractivity contribution in [3.05, 3.63) is 0 Å². The van der Waals surface area contributed by atoms with Crippen LogP contribution in [0.3, 0.4) is 0 Å². The van der Waals surface area contributed by atoms with Gasteiger partial charge in [-0.1, -0.05) is 0 Å².